The monoisotopic (exact) mass is 404 g/mol. The number of ketones is 1. The predicted octanol–water partition coefficient (Wildman–Crippen LogP) is 4.45. The molecule has 0 saturated heterocycles. The maximum atomic E-state index is 12.2. The number of carbonyl (C=O) groups excluding carboxylic acids is 1. The molecule has 1 aromatic heterocycles. The van der Waals surface area contributed by atoms with Gasteiger partial charge in [-0.25, -0.2) is 0 Å². The van der Waals surface area contributed by atoms with Gasteiger partial charge in [0.15, 0.2) is 12.0 Å². The number of hydrogen-bond donors (Lipinski definition) is 2. The predicted molar refractivity (Wildman–Crippen MR) is 119 cm³/mol. The van der Waals surface area contributed by atoms with Crippen molar-refractivity contribution in [1.29, 1.82) is 0 Å². The summed E-state index contributed by atoms with van der Waals surface area (Å²) in [6.07, 6.45) is 5.27. The first kappa shape index (κ1) is 19.3. The Kier molecular flexibility index (Phi) is 4.68. The molecule has 5 heteroatoms. The Morgan fingerprint density at radius 1 is 1.10 bits per heavy atom. The average molecular weight is 405 g/mol. The largest absolute Gasteiger partial charge is 0.388 e. The van der Waals surface area contributed by atoms with E-state index in [2.05, 4.69) is 18.2 Å². The Morgan fingerprint density at radius 3 is 2.57 bits per heavy atom. The van der Waals surface area contributed by atoms with Crippen LogP contribution in [0.25, 0.3) is 22.2 Å². The number of aliphatic hydroxyl groups is 2. The molecule has 0 spiro atoms. The first-order valence-electron chi connectivity index (χ1n) is 10.8. The van der Waals surface area contributed by atoms with Crippen LogP contribution in [0.4, 0.5) is 5.69 Å². The van der Waals surface area contributed by atoms with E-state index in [1.54, 1.807) is 0 Å². The Balaban J connectivity index is 1.78. The van der Waals surface area contributed by atoms with E-state index in [4.69, 9.17) is 0 Å². The number of anilines is 1. The Labute approximate surface area is 176 Å². The summed E-state index contributed by atoms with van der Waals surface area (Å²) < 4.78 is 2.00. The molecule has 1 unspecified atom stereocenters. The molecular weight excluding hydrogens is 376 g/mol. The number of rotatable bonds is 4. The lowest BCUT2D eigenvalue weighted by Gasteiger charge is -2.23. The third-order valence-corrected chi connectivity index (χ3v) is 6.85. The van der Waals surface area contributed by atoms with Gasteiger partial charge in [-0.15, -0.1) is 0 Å². The number of hydrogen-bond acceptors (Lipinski definition) is 4. The van der Waals surface area contributed by atoms with E-state index in [1.165, 1.54) is 24.8 Å². The van der Waals surface area contributed by atoms with Crippen LogP contribution < -0.4 is 4.90 Å². The van der Waals surface area contributed by atoms with Gasteiger partial charge in [-0.05, 0) is 42.5 Å². The van der Waals surface area contributed by atoms with Crippen molar-refractivity contribution in [2.45, 2.75) is 44.2 Å². The molecule has 0 amide bonds. The second kappa shape index (κ2) is 7.25. The van der Waals surface area contributed by atoms with Crippen LogP contribution in [-0.2, 0) is 0 Å². The number of Topliss-reactive ketones (excluding diaryl/α,β-unsaturated/α-hetero) is 1. The topological polar surface area (TPSA) is 65.7 Å². The summed E-state index contributed by atoms with van der Waals surface area (Å²) in [5, 5.41) is 21.8. The molecule has 2 aliphatic rings. The minimum Gasteiger partial charge on any atom is -0.388 e. The molecule has 156 valence electrons. The first-order valence-corrected chi connectivity index (χ1v) is 10.8. The molecule has 2 N–H and O–H groups in total. The van der Waals surface area contributed by atoms with E-state index in [-0.39, 0.29) is 5.78 Å². The Morgan fingerprint density at radius 2 is 1.87 bits per heavy atom. The highest BCUT2D eigenvalue weighted by Crippen LogP contribution is 2.51. The second-order valence-electron chi connectivity index (χ2n) is 8.82. The summed E-state index contributed by atoms with van der Waals surface area (Å²) in [5.41, 5.74) is 6.81. The SMILES string of the molecule is CN(C)c1ccc2c(c1)C(O)n1c-2c(C2CCCCC2)c2ccc(C(=O)CO)cc21. The fraction of sp³-hybridized carbons (Fsp3) is 0.400. The van der Waals surface area contributed by atoms with E-state index in [1.807, 2.05) is 41.8 Å². The molecule has 0 bridgehead atoms. The molecule has 1 aliphatic heterocycles. The van der Waals surface area contributed by atoms with Crippen molar-refractivity contribution in [3.63, 3.8) is 0 Å². The van der Waals surface area contributed by atoms with Crippen LogP contribution >= 0.6 is 0 Å². The van der Waals surface area contributed by atoms with Gasteiger partial charge in [0.05, 0.1) is 11.2 Å². The third-order valence-electron chi connectivity index (χ3n) is 6.85. The van der Waals surface area contributed by atoms with Gasteiger partial charge < -0.3 is 19.7 Å². The molecule has 1 fully saturated rings. The van der Waals surface area contributed by atoms with Crippen molar-refractivity contribution in [2.75, 3.05) is 25.6 Å². The maximum absolute atomic E-state index is 12.2. The Hall–Kier alpha value is -2.63. The van der Waals surface area contributed by atoms with E-state index in [0.717, 1.165) is 46.3 Å². The maximum Gasteiger partial charge on any atom is 0.188 e. The van der Waals surface area contributed by atoms with Crippen molar-refractivity contribution < 1.29 is 15.0 Å². The number of aromatic nitrogens is 1. The van der Waals surface area contributed by atoms with Crippen LogP contribution in [0.15, 0.2) is 36.4 Å². The third kappa shape index (κ3) is 2.80. The van der Waals surface area contributed by atoms with Crippen molar-refractivity contribution in [3.8, 4) is 11.3 Å². The van der Waals surface area contributed by atoms with E-state index in [9.17, 15) is 15.0 Å². The molecular formula is C25H28N2O3. The van der Waals surface area contributed by atoms with Gasteiger partial charge in [0, 0.05) is 41.9 Å². The minimum absolute atomic E-state index is 0.299. The van der Waals surface area contributed by atoms with Gasteiger partial charge in [0.2, 0.25) is 0 Å². The van der Waals surface area contributed by atoms with Gasteiger partial charge in [-0.1, -0.05) is 37.5 Å². The highest BCUT2D eigenvalue weighted by Gasteiger charge is 2.35. The molecule has 1 saturated carbocycles. The van der Waals surface area contributed by atoms with Gasteiger partial charge >= 0.3 is 0 Å². The number of aliphatic hydroxyl groups excluding tert-OH is 2. The lowest BCUT2D eigenvalue weighted by molar-refractivity contribution is 0.0903. The highest BCUT2D eigenvalue weighted by atomic mass is 16.3. The quantitative estimate of drug-likeness (QED) is 0.631. The van der Waals surface area contributed by atoms with E-state index >= 15 is 0 Å². The van der Waals surface area contributed by atoms with Crippen LogP contribution in [0.2, 0.25) is 0 Å². The normalized spacial score (nSPS) is 18.5. The zero-order valence-corrected chi connectivity index (χ0v) is 17.6. The molecule has 2 aromatic carbocycles. The molecule has 5 nitrogen and oxygen atoms in total. The van der Waals surface area contributed by atoms with Gasteiger partial charge in [0.1, 0.15) is 6.61 Å². The fourth-order valence-corrected chi connectivity index (χ4v) is 5.33. The van der Waals surface area contributed by atoms with Crippen LogP contribution in [0.5, 0.6) is 0 Å². The zero-order chi connectivity index (χ0) is 21.0. The summed E-state index contributed by atoms with van der Waals surface area (Å²) in [5.74, 6) is 0.162. The lowest BCUT2D eigenvalue weighted by Crippen LogP contribution is -2.10. The minimum atomic E-state index is -0.783. The molecule has 1 aliphatic carbocycles. The molecule has 3 aromatic rings. The molecule has 2 heterocycles. The van der Waals surface area contributed by atoms with Crippen LogP contribution in [0, 0.1) is 0 Å². The summed E-state index contributed by atoms with van der Waals surface area (Å²) in [7, 11) is 4.00. The lowest BCUT2D eigenvalue weighted by atomic mass is 9.81. The first-order chi connectivity index (χ1) is 14.5. The van der Waals surface area contributed by atoms with Crippen molar-refractivity contribution in [2.24, 2.45) is 0 Å². The molecule has 0 radical (unpaired) electrons. The van der Waals surface area contributed by atoms with Gasteiger partial charge in [-0.3, -0.25) is 4.79 Å². The fourth-order valence-electron chi connectivity index (χ4n) is 5.33. The smallest absolute Gasteiger partial charge is 0.188 e. The van der Waals surface area contributed by atoms with Crippen LogP contribution in [-0.4, -0.2) is 41.3 Å². The van der Waals surface area contributed by atoms with Crippen LogP contribution in [0.1, 0.15) is 65.7 Å². The zero-order valence-electron chi connectivity index (χ0n) is 17.6. The van der Waals surface area contributed by atoms with Crippen molar-refractivity contribution in [3.05, 3.63) is 53.1 Å². The number of nitrogens with zero attached hydrogens (tertiary/aromatic N) is 2. The average Bonchev–Trinajstić information content (AvgIpc) is 3.26. The van der Waals surface area contributed by atoms with E-state index in [0.29, 0.717) is 11.5 Å². The highest BCUT2D eigenvalue weighted by molar-refractivity contribution is 6.03. The standard InChI is InChI=1S/C25H28N2O3/c1-26(2)17-9-11-18-20(13-17)25(30)27-21-12-16(22(29)14-28)8-10-19(21)23(24(18)27)15-6-4-3-5-7-15/h8-13,15,25,28,30H,3-7,14H2,1-2H3. The summed E-state index contributed by atoms with van der Waals surface area (Å²) >= 11 is 0. The number of benzene rings is 2. The number of carbonyl (C=O) groups is 1. The number of fused-ring (bicyclic) bond motifs is 5. The van der Waals surface area contributed by atoms with E-state index < -0.39 is 12.8 Å². The van der Waals surface area contributed by atoms with Crippen LogP contribution in [0.3, 0.4) is 0 Å². The van der Waals surface area contributed by atoms with Crippen molar-refractivity contribution in [1.82, 2.24) is 4.57 Å². The van der Waals surface area contributed by atoms with Gasteiger partial charge in [-0.2, -0.15) is 0 Å². The molecule has 1 atom stereocenters. The Bertz CT molecular complexity index is 1140. The summed E-state index contributed by atoms with van der Waals surface area (Å²) in [6.45, 7) is -0.510. The summed E-state index contributed by atoms with van der Waals surface area (Å²) in [4.78, 5) is 14.2. The second-order valence-corrected chi connectivity index (χ2v) is 8.82. The van der Waals surface area contributed by atoms with Crippen molar-refractivity contribution >= 4 is 22.4 Å². The molecule has 30 heavy (non-hydrogen) atoms. The molecule has 5 rings (SSSR count). The van der Waals surface area contributed by atoms with Gasteiger partial charge in [0.25, 0.3) is 0 Å². The summed E-state index contributed by atoms with van der Waals surface area (Å²) in [6, 6.07) is 11.9.